The van der Waals surface area contributed by atoms with Gasteiger partial charge in [-0.15, -0.1) is 10.2 Å². The molecule has 56 valence electrons. The topological polar surface area (TPSA) is 56.7 Å². The summed E-state index contributed by atoms with van der Waals surface area (Å²) in [6.07, 6.45) is 2.71. The second-order valence-corrected chi connectivity index (χ2v) is 2.21. The van der Waals surface area contributed by atoms with Gasteiger partial charge in [0.2, 0.25) is 0 Å². The van der Waals surface area contributed by atoms with Gasteiger partial charge in [0.05, 0.1) is 0 Å². The van der Waals surface area contributed by atoms with E-state index in [-0.39, 0.29) is 0 Å². The molecule has 0 aromatic carbocycles. The van der Waals surface area contributed by atoms with E-state index in [1.807, 2.05) is 11.5 Å². The van der Waals surface area contributed by atoms with Crippen molar-refractivity contribution in [1.29, 1.82) is 0 Å². The number of nitrogens with zero attached hydrogens (tertiary/aromatic N) is 3. The van der Waals surface area contributed by atoms with Crippen molar-refractivity contribution < 1.29 is 0 Å². The molecule has 1 heterocycles. The van der Waals surface area contributed by atoms with Crippen molar-refractivity contribution in [2.24, 2.45) is 5.73 Å². The summed E-state index contributed by atoms with van der Waals surface area (Å²) in [5, 5.41) is 7.59. The largest absolute Gasteiger partial charge is 0.330 e. The summed E-state index contributed by atoms with van der Waals surface area (Å²) in [5.74, 6) is 0.952. The quantitative estimate of drug-likeness (QED) is 0.639. The van der Waals surface area contributed by atoms with Crippen LogP contribution in [0.25, 0.3) is 0 Å². The summed E-state index contributed by atoms with van der Waals surface area (Å²) in [6.45, 7) is 3.58. The molecule has 0 bridgehead atoms. The van der Waals surface area contributed by atoms with Gasteiger partial charge in [-0.3, -0.25) is 0 Å². The molecule has 0 aliphatic carbocycles. The average Bonchev–Trinajstić information content (AvgIpc) is 2.31. The van der Waals surface area contributed by atoms with Gasteiger partial charge in [0.25, 0.3) is 0 Å². The lowest BCUT2D eigenvalue weighted by molar-refractivity contribution is 0.632. The highest BCUT2D eigenvalue weighted by Crippen LogP contribution is 1.92. The maximum absolute atomic E-state index is 5.34. The third-order valence-corrected chi connectivity index (χ3v) is 1.41. The van der Waals surface area contributed by atoms with Gasteiger partial charge >= 0.3 is 0 Å². The molecule has 0 spiro atoms. The van der Waals surface area contributed by atoms with Crippen molar-refractivity contribution in [2.45, 2.75) is 19.9 Å². The van der Waals surface area contributed by atoms with Gasteiger partial charge in [-0.05, 0) is 19.9 Å². The molecule has 0 atom stereocenters. The molecule has 1 aromatic rings. The average molecular weight is 140 g/mol. The highest BCUT2D eigenvalue weighted by Gasteiger charge is 1.94. The summed E-state index contributed by atoms with van der Waals surface area (Å²) in [5.41, 5.74) is 5.34. The second-order valence-electron chi connectivity index (χ2n) is 2.21. The molecule has 0 radical (unpaired) electrons. The van der Waals surface area contributed by atoms with Gasteiger partial charge in [0, 0.05) is 6.54 Å². The van der Waals surface area contributed by atoms with Crippen LogP contribution in [-0.4, -0.2) is 21.3 Å². The Morgan fingerprint density at radius 3 is 3.00 bits per heavy atom. The Balaban J connectivity index is 2.49. The predicted octanol–water partition coefficient (Wildman–Crippen LogP) is -0.0647. The molecule has 10 heavy (non-hydrogen) atoms. The van der Waals surface area contributed by atoms with Crippen LogP contribution in [-0.2, 0) is 6.54 Å². The summed E-state index contributed by atoms with van der Waals surface area (Å²) in [4.78, 5) is 0. The van der Waals surface area contributed by atoms with Crippen LogP contribution in [0.2, 0.25) is 0 Å². The van der Waals surface area contributed by atoms with Gasteiger partial charge in [-0.25, -0.2) is 0 Å². The van der Waals surface area contributed by atoms with Crippen LogP contribution in [0.1, 0.15) is 12.2 Å². The maximum Gasteiger partial charge on any atom is 0.129 e. The zero-order valence-corrected chi connectivity index (χ0v) is 6.12. The zero-order valence-electron chi connectivity index (χ0n) is 6.12. The van der Waals surface area contributed by atoms with E-state index in [0.29, 0.717) is 0 Å². The van der Waals surface area contributed by atoms with Crippen LogP contribution >= 0.6 is 0 Å². The second kappa shape index (κ2) is 3.31. The lowest BCUT2D eigenvalue weighted by Crippen LogP contribution is -2.06. The SMILES string of the molecule is Cc1nncn1CCCN. The van der Waals surface area contributed by atoms with Gasteiger partial charge in [-0.2, -0.15) is 0 Å². The van der Waals surface area contributed by atoms with Gasteiger partial charge in [0.15, 0.2) is 0 Å². The Bertz CT molecular complexity index is 193. The standard InChI is InChI=1S/C6H12N4/c1-6-9-8-5-10(6)4-2-3-7/h5H,2-4,7H2,1H3. The summed E-state index contributed by atoms with van der Waals surface area (Å²) >= 11 is 0. The first-order chi connectivity index (χ1) is 4.84. The third kappa shape index (κ3) is 1.54. The monoisotopic (exact) mass is 140 g/mol. The molecule has 0 amide bonds. The van der Waals surface area contributed by atoms with E-state index in [1.165, 1.54) is 0 Å². The fourth-order valence-electron chi connectivity index (χ4n) is 0.794. The van der Waals surface area contributed by atoms with Gasteiger partial charge in [0.1, 0.15) is 12.2 Å². The first-order valence-electron chi connectivity index (χ1n) is 3.39. The molecule has 2 N–H and O–H groups in total. The zero-order chi connectivity index (χ0) is 7.40. The van der Waals surface area contributed by atoms with E-state index in [2.05, 4.69) is 10.2 Å². The highest BCUT2D eigenvalue weighted by atomic mass is 15.2. The summed E-state index contributed by atoms with van der Waals surface area (Å²) < 4.78 is 1.99. The molecule has 4 nitrogen and oxygen atoms in total. The molecule has 0 unspecified atom stereocenters. The Morgan fingerprint density at radius 1 is 1.70 bits per heavy atom. The first kappa shape index (κ1) is 7.21. The molecular weight excluding hydrogens is 128 g/mol. The minimum atomic E-state index is 0.720. The number of hydrogen-bond donors (Lipinski definition) is 1. The molecule has 0 saturated carbocycles. The maximum atomic E-state index is 5.34. The van der Waals surface area contributed by atoms with E-state index in [1.54, 1.807) is 6.33 Å². The van der Waals surface area contributed by atoms with Crippen molar-refractivity contribution in [1.82, 2.24) is 14.8 Å². The number of aromatic nitrogens is 3. The Kier molecular flexibility index (Phi) is 2.39. The van der Waals surface area contributed by atoms with E-state index in [9.17, 15) is 0 Å². The smallest absolute Gasteiger partial charge is 0.129 e. The van der Waals surface area contributed by atoms with Crippen molar-refractivity contribution in [3.8, 4) is 0 Å². The van der Waals surface area contributed by atoms with Crippen molar-refractivity contribution >= 4 is 0 Å². The lowest BCUT2D eigenvalue weighted by atomic mass is 10.4. The Morgan fingerprint density at radius 2 is 2.50 bits per heavy atom. The normalized spacial score (nSPS) is 10.2. The summed E-state index contributed by atoms with van der Waals surface area (Å²) in [7, 11) is 0. The van der Waals surface area contributed by atoms with E-state index < -0.39 is 0 Å². The molecule has 4 heteroatoms. The minimum absolute atomic E-state index is 0.720. The fraction of sp³-hybridized carbons (Fsp3) is 0.667. The molecule has 0 aliphatic heterocycles. The predicted molar refractivity (Wildman–Crippen MR) is 38.4 cm³/mol. The van der Waals surface area contributed by atoms with Crippen LogP contribution in [0.4, 0.5) is 0 Å². The molecule has 0 aliphatic rings. The van der Waals surface area contributed by atoms with E-state index in [0.717, 1.165) is 25.3 Å². The first-order valence-corrected chi connectivity index (χ1v) is 3.39. The van der Waals surface area contributed by atoms with E-state index >= 15 is 0 Å². The Hall–Kier alpha value is -0.900. The molecule has 0 saturated heterocycles. The minimum Gasteiger partial charge on any atom is -0.330 e. The van der Waals surface area contributed by atoms with Crippen LogP contribution < -0.4 is 5.73 Å². The molecule has 1 aromatic heterocycles. The Labute approximate surface area is 60.1 Å². The fourth-order valence-corrected chi connectivity index (χ4v) is 0.794. The molecular formula is C6H12N4. The lowest BCUT2D eigenvalue weighted by Gasteiger charge is -1.99. The molecule has 1 rings (SSSR count). The van der Waals surface area contributed by atoms with Crippen molar-refractivity contribution in [3.05, 3.63) is 12.2 Å². The van der Waals surface area contributed by atoms with Crippen LogP contribution in [0.15, 0.2) is 6.33 Å². The van der Waals surface area contributed by atoms with Crippen LogP contribution in [0.5, 0.6) is 0 Å². The van der Waals surface area contributed by atoms with Gasteiger partial charge < -0.3 is 10.3 Å². The number of rotatable bonds is 3. The number of nitrogens with two attached hydrogens (primary N) is 1. The number of hydrogen-bond acceptors (Lipinski definition) is 3. The molecule has 0 fully saturated rings. The third-order valence-electron chi connectivity index (χ3n) is 1.41. The van der Waals surface area contributed by atoms with Gasteiger partial charge in [-0.1, -0.05) is 0 Å². The van der Waals surface area contributed by atoms with Crippen LogP contribution in [0.3, 0.4) is 0 Å². The highest BCUT2D eigenvalue weighted by molar-refractivity contribution is 4.79. The number of aryl methyl sites for hydroxylation is 2. The van der Waals surface area contributed by atoms with Crippen molar-refractivity contribution in [3.63, 3.8) is 0 Å². The van der Waals surface area contributed by atoms with E-state index in [4.69, 9.17) is 5.73 Å². The van der Waals surface area contributed by atoms with Crippen molar-refractivity contribution in [2.75, 3.05) is 6.54 Å². The van der Waals surface area contributed by atoms with Crippen LogP contribution in [0, 0.1) is 6.92 Å². The summed E-state index contributed by atoms with van der Waals surface area (Å²) in [6, 6.07) is 0.